The van der Waals surface area contributed by atoms with Gasteiger partial charge in [0.1, 0.15) is 5.76 Å². The molecule has 2 rings (SSSR count). The van der Waals surface area contributed by atoms with Crippen molar-refractivity contribution < 1.29 is 4.42 Å². The van der Waals surface area contributed by atoms with Crippen molar-refractivity contribution in [3.05, 3.63) is 53.2 Å². The Morgan fingerprint density at radius 1 is 1.24 bits per heavy atom. The van der Waals surface area contributed by atoms with Crippen LogP contribution < -0.4 is 5.32 Å². The molecule has 0 aliphatic rings. The van der Waals surface area contributed by atoms with E-state index in [-0.39, 0.29) is 0 Å². The molecule has 1 aromatic carbocycles. The standard InChI is InChI=1S/C14H18N2O/c1-3-13-9-16-14(17-13)10-15-8-12-7-5-4-6-11(12)2/h4-7,9,15H,3,8,10H2,1-2H3. The predicted octanol–water partition coefficient (Wildman–Crippen LogP) is 2.84. The van der Waals surface area contributed by atoms with Gasteiger partial charge in [-0.3, -0.25) is 0 Å². The Bertz CT molecular complexity index is 477. The second-order valence-electron chi connectivity index (χ2n) is 4.10. The normalized spacial score (nSPS) is 10.7. The maximum absolute atomic E-state index is 5.53. The minimum absolute atomic E-state index is 0.675. The van der Waals surface area contributed by atoms with Gasteiger partial charge in [0.2, 0.25) is 5.89 Å². The van der Waals surface area contributed by atoms with Crippen molar-refractivity contribution >= 4 is 0 Å². The highest BCUT2D eigenvalue weighted by Gasteiger charge is 2.02. The first-order valence-corrected chi connectivity index (χ1v) is 5.98. The van der Waals surface area contributed by atoms with Gasteiger partial charge in [-0.25, -0.2) is 4.98 Å². The summed E-state index contributed by atoms with van der Waals surface area (Å²) in [5, 5.41) is 3.34. The molecule has 17 heavy (non-hydrogen) atoms. The van der Waals surface area contributed by atoms with Crippen molar-refractivity contribution in [2.24, 2.45) is 0 Å². The van der Waals surface area contributed by atoms with Crippen LogP contribution in [-0.4, -0.2) is 4.98 Å². The maximum Gasteiger partial charge on any atom is 0.208 e. The van der Waals surface area contributed by atoms with Crippen molar-refractivity contribution in [1.82, 2.24) is 10.3 Å². The highest BCUT2D eigenvalue weighted by atomic mass is 16.4. The molecule has 0 amide bonds. The Morgan fingerprint density at radius 2 is 2.06 bits per heavy atom. The fraction of sp³-hybridized carbons (Fsp3) is 0.357. The SMILES string of the molecule is CCc1cnc(CNCc2ccccc2C)o1. The Balaban J connectivity index is 1.85. The smallest absolute Gasteiger partial charge is 0.208 e. The van der Waals surface area contributed by atoms with E-state index in [1.54, 1.807) is 6.20 Å². The van der Waals surface area contributed by atoms with Gasteiger partial charge in [-0.1, -0.05) is 31.2 Å². The number of hydrogen-bond acceptors (Lipinski definition) is 3. The molecular formula is C14H18N2O. The second-order valence-corrected chi connectivity index (χ2v) is 4.10. The van der Waals surface area contributed by atoms with Crippen LogP contribution in [0.3, 0.4) is 0 Å². The Kier molecular flexibility index (Phi) is 3.94. The molecular weight excluding hydrogens is 212 g/mol. The zero-order valence-corrected chi connectivity index (χ0v) is 10.4. The molecule has 1 N–H and O–H groups in total. The van der Waals surface area contributed by atoms with Crippen LogP contribution >= 0.6 is 0 Å². The van der Waals surface area contributed by atoms with E-state index in [0.29, 0.717) is 6.54 Å². The molecule has 0 saturated carbocycles. The largest absolute Gasteiger partial charge is 0.444 e. The van der Waals surface area contributed by atoms with Gasteiger partial charge in [0.25, 0.3) is 0 Å². The van der Waals surface area contributed by atoms with Gasteiger partial charge in [0.05, 0.1) is 12.7 Å². The Morgan fingerprint density at radius 3 is 2.76 bits per heavy atom. The quantitative estimate of drug-likeness (QED) is 0.858. The summed E-state index contributed by atoms with van der Waals surface area (Å²) in [5.41, 5.74) is 2.62. The second kappa shape index (κ2) is 5.64. The average molecular weight is 230 g/mol. The van der Waals surface area contributed by atoms with Gasteiger partial charge in [0, 0.05) is 13.0 Å². The number of rotatable bonds is 5. The lowest BCUT2D eigenvalue weighted by molar-refractivity contribution is 0.439. The van der Waals surface area contributed by atoms with E-state index < -0.39 is 0 Å². The number of oxazole rings is 1. The molecule has 0 aliphatic heterocycles. The fourth-order valence-corrected chi connectivity index (χ4v) is 1.71. The van der Waals surface area contributed by atoms with Crippen LogP contribution in [0.4, 0.5) is 0 Å². The molecule has 1 aromatic heterocycles. The lowest BCUT2D eigenvalue weighted by Gasteiger charge is -2.05. The summed E-state index contributed by atoms with van der Waals surface area (Å²) in [6.07, 6.45) is 2.69. The van der Waals surface area contributed by atoms with Crippen LogP contribution in [0, 0.1) is 6.92 Å². The van der Waals surface area contributed by atoms with Crippen molar-refractivity contribution in [3.8, 4) is 0 Å². The predicted molar refractivity (Wildman–Crippen MR) is 67.6 cm³/mol. The van der Waals surface area contributed by atoms with Gasteiger partial charge in [-0.2, -0.15) is 0 Å². The number of aromatic nitrogens is 1. The third-order valence-electron chi connectivity index (χ3n) is 2.80. The van der Waals surface area contributed by atoms with E-state index in [4.69, 9.17) is 4.42 Å². The number of benzene rings is 1. The summed E-state index contributed by atoms with van der Waals surface area (Å²) in [7, 11) is 0. The van der Waals surface area contributed by atoms with E-state index >= 15 is 0 Å². The van der Waals surface area contributed by atoms with Gasteiger partial charge in [-0.05, 0) is 18.1 Å². The third-order valence-corrected chi connectivity index (χ3v) is 2.80. The van der Waals surface area contributed by atoms with E-state index in [9.17, 15) is 0 Å². The first kappa shape index (κ1) is 11.9. The van der Waals surface area contributed by atoms with Crippen molar-refractivity contribution in [2.75, 3.05) is 0 Å². The van der Waals surface area contributed by atoms with Crippen LogP contribution in [0.1, 0.15) is 29.7 Å². The number of aryl methyl sites for hydroxylation is 2. The molecule has 0 fully saturated rings. The lowest BCUT2D eigenvalue weighted by atomic mass is 10.1. The highest BCUT2D eigenvalue weighted by molar-refractivity contribution is 5.25. The number of nitrogens with one attached hydrogen (secondary N) is 1. The first-order chi connectivity index (χ1) is 8.29. The Hall–Kier alpha value is -1.61. The van der Waals surface area contributed by atoms with Crippen LogP contribution in [0.5, 0.6) is 0 Å². The van der Waals surface area contributed by atoms with Crippen LogP contribution in [0.2, 0.25) is 0 Å². The van der Waals surface area contributed by atoms with Crippen molar-refractivity contribution in [1.29, 1.82) is 0 Å². The minimum Gasteiger partial charge on any atom is -0.444 e. The van der Waals surface area contributed by atoms with E-state index in [1.807, 2.05) is 0 Å². The summed E-state index contributed by atoms with van der Waals surface area (Å²) < 4.78 is 5.53. The molecule has 1 heterocycles. The molecule has 0 atom stereocenters. The van der Waals surface area contributed by atoms with Crippen LogP contribution in [0.15, 0.2) is 34.9 Å². The zero-order chi connectivity index (χ0) is 12.1. The molecule has 0 radical (unpaired) electrons. The summed E-state index contributed by atoms with van der Waals surface area (Å²) in [6, 6.07) is 8.37. The molecule has 2 aromatic rings. The molecule has 0 bridgehead atoms. The molecule has 0 aliphatic carbocycles. The fourth-order valence-electron chi connectivity index (χ4n) is 1.71. The molecule has 3 heteroatoms. The van der Waals surface area contributed by atoms with Crippen molar-refractivity contribution in [3.63, 3.8) is 0 Å². The molecule has 0 saturated heterocycles. The molecule has 0 spiro atoms. The number of nitrogens with zero attached hydrogens (tertiary/aromatic N) is 1. The average Bonchev–Trinajstić information content (AvgIpc) is 2.80. The molecule has 0 unspecified atom stereocenters. The Labute approximate surface area is 102 Å². The molecule has 3 nitrogen and oxygen atoms in total. The van der Waals surface area contributed by atoms with Gasteiger partial charge in [-0.15, -0.1) is 0 Å². The van der Waals surface area contributed by atoms with Crippen molar-refractivity contribution in [2.45, 2.75) is 33.4 Å². The van der Waals surface area contributed by atoms with Crippen LogP contribution in [-0.2, 0) is 19.5 Å². The van der Waals surface area contributed by atoms with E-state index in [1.165, 1.54) is 11.1 Å². The number of hydrogen-bond donors (Lipinski definition) is 1. The van der Waals surface area contributed by atoms with Gasteiger partial charge < -0.3 is 9.73 Å². The van der Waals surface area contributed by atoms with Gasteiger partial charge >= 0.3 is 0 Å². The lowest BCUT2D eigenvalue weighted by Crippen LogP contribution is -2.13. The summed E-state index contributed by atoms with van der Waals surface area (Å²) in [4.78, 5) is 4.21. The summed E-state index contributed by atoms with van der Waals surface area (Å²) in [6.45, 7) is 5.70. The molecule has 90 valence electrons. The van der Waals surface area contributed by atoms with Gasteiger partial charge in [0.15, 0.2) is 0 Å². The van der Waals surface area contributed by atoms with E-state index in [0.717, 1.165) is 24.6 Å². The topological polar surface area (TPSA) is 38.1 Å². The third kappa shape index (κ3) is 3.17. The van der Waals surface area contributed by atoms with Crippen LogP contribution in [0.25, 0.3) is 0 Å². The maximum atomic E-state index is 5.53. The summed E-state index contributed by atoms with van der Waals surface area (Å²) >= 11 is 0. The minimum atomic E-state index is 0.675. The summed E-state index contributed by atoms with van der Waals surface area (Å²) in [5.74, 6) is 1.70. The first-order valence-electron chi connectivity index (χ1n) is 5.98. The zero-order valence-electron chi connectivity index (χ0n) is 10.4. The van der Waals surface area contributed by atoms with E-state index in [2.05, 4.69) is 48.4 Å². The monoisotopic (exact) mass is 230 g/mol. The highest BCUT2D eigenvalue weighted by Crippen LogP contribution is 2.07.